The van der Waals surface area contributed by atoms with Gasteiger partial charge in [-0.15, -0.1) is 0 Å². The fraction of sp³-hybridized carbons (Fsp3) is 0.500. The molecule has 0 saturated heterocycles. The van der Waals surface area contributed by atoms with Crippen LogP contribution < -0.4 is 0 Å². The number of hydrogen-bond acceptors (Lipinski definition) is 3. The molecule has 0 heterocycles. The zero-order valence-electron chi connectivity index (χ0n) is 10.7. The van der Waals surface area contributed by atoms with Crippen molar-refractivity contribution in [2.75, 3.05) is 13.2 Å². The Balaban J connectivity index is 3.01. The van der Waals surface area contributed by atoms with Gasteiger partial charge in [-0.3, -0.25) is 4.57 Å². The van der Waals surface area contributed by atoms with Crippen molar-refractivity contribution in [1.82, 2.24) is 0 Å². The maximum atomic E-state index is 13.7. The summed E-state index contributed by atoms with van der Waals surface area (Å²) in [5.41, 5.74) is 1.10. The molecule has 0 bridgehead atoms. The molecule has 0 spiro atoms. The molecule has 0 fully saturated rings. The lowest BCUT2D eigenvalue weighted by molar-refractivity contribution is 0.219. The fourth-order valence-corrected chi connectivity index (χ4v) is 3.83. The molecule has 0 atom stereocenters. The van der Waals surface area contributed by atoms with E-state index in [4.69, 9.17) is 9.05 Å². The summed E-state index contributed by atoms with van der Waals surface area (Å²) in [6, 6.07) is 3.33. The third-order valence-electron chi connectivity index (χ3n) is 2.47. The molecule has 3 nitrogen and oxygen atoms in total. The maximum absolute atomic E-state index is 13.7. The highest BCUT2D eigenvalue weighted by Gasteiger charge is 2.25. The van der Waals surface area contributed by atoms with Crippen molar-refractivity contribution in [3.63, 3.8) is 0 Å². The predicted molar refractivity (Wildman–Crippen MR) is 73.4 cm³/mol. The van der Waals surface area contributed by atoms with Crippen LogP contribution in [0.3, 0.4) is 0 Å². The van der Waals surface area contributed by atoms with Gasteiger partial charge in [0, 0.05) is 0 Å². The first-order valence-electron chi connectivity index (χ1n) is 5.75. The molecule has 0 aliphatic carbocycles. The van der Waals surface area contributed by atoms with E-state index < -0.39 is 7.60 Å². The van der Waals surface area contributed by atoms with Gasteiger partial charge >= 0.3 is 7.60 Å². The Bertz CT molecular complexity index is 455. The van der Waals surface area contributed by atoms with Crippen LogP contribution in [0.25, 0.3) is 0 Å². The van der Waals surface area contributed by atoms with Crippen LogP contribution >= 0.6 is 23.5 Å². The van der Waals surface area contributed by atoms with Gasteiger partial charge in [-0.2, -0.15) is 0 Å². The van der Waals surface area contributed by atoms with Crippen molar-refractivity contribution in [1.29, 1.82) is 0 Å². The molecule has 18 heavy (non-hydrogen) atoms. The number of benzene rings is 1. The molecule has 0 aliphatic rings. The van der Waals surface area contributed by atoms with Gasteiger partial charge in [-0.05, 0) is 53.9 Å². The van der Waals surface area contributed by atoms with Gasteiger partial charge in [-0.1, -0.05) is 6.07 Å². The number of hydrogen-bond donors (Lipinski definition) is 0. The summed E-state index contributed by atoms with van der Waals surface area (Å²) in [6.07, 6.45) is 0.0880. The molecule has 0 radical (unpaired) electrons. The summed E-state index contributed by atoms with van der Waals surface area (Å²) < 4.78 is 36.9. The molecule has 102 valence electrons. The highest BCUT2D eigenvalue weighted by Crippen LogP contribution is 2.51. The summed E-state index contributed by atoms with van der Waals surface area (Å²) in [5, 5.41) is 0. The standard InChI is InChI=1S/C12H17BrFO3P/c1-4-16-18(15,17-5-2)8-10-6-7-11(13)12(14)9(10)3/h6-7H,4-5,8H2,1-3H3. The van der Waals surface area contributed by atoms with E-state index in [2.05, 4.69) is 15.9 Å². The molecular formula is C12H17BrFO3P. The molecule has 1 aromatic carbocycles. The molecule has 0 N–H and O–H groups in total. The normalized spacial score (nSPS) is 11.8. The molecule has 0 aliphatic heterocycles. The van der Waals surface area contributed by atoms with Gasteiger partial charge in [0.2, 0.25) is 0 Å². The SMILES string of the molecule is CCOP(=O)(Cc1ccc(Br)c(F)c1C)OCC. The van der Waals surface area contributed by atoms with Crippen molar-refractivity contribution in [3.8, 4) is 0 Å². The van der Waals surface area contributed by atoms with Crippen molar-refractivity contribution in [2.24, 2.45) is 0 Å². The van der Waals surface area contributed by atoms with E-state index in [0.29, 0.717) is 28.8 Å². The van der Waals surface area contributed by atoms with Crippen LogP contribution in [0.1, 0.15) is 25.0 Å². The molecule has 6 heteroatoms. The van der Waals surface area contributed by atoms with Crippen LogP contribution in [0, 0.1) is 12.7 Å². The first-order valence-corrected chi connectivity index (χ1v) is 8.27. The second-order valence-electron chi connectivity index (χ2n) is 3.75. The predicted octanol–water partition coefficient (Wildman–Crippen LogP) is 4.66. The quantitative estimate of drug-likeness (QED) is 0.707. The van der Waals surface area contributed by atoms with Crippen LogP contribution in [0.2, 0.25) is 0 Å². The summed E-state index contributed by atoms with van der Waals surface area (Å²) in [6.45, 7) is 5.75. The minimum atomic E-state index is -3.19. The van der Waals surface area contributed by atoms with Crippen LogP contribution in [0.5, 0.6) is 0 Å². The third kappa shape index (κ3) is 3.89. The van der Waals surface area contributed by atoms with E-state index in [1.165, 1.54) is 0 Å². The Kier molecular flexibility index (Phi) is 5.99. The summed E-state index contributed by atoms with van der Waals surface area (Å²) in [5.74, 6) is -0.341. The van der Waals surface area contributed by atoms with Gasteiger partial charge in [0.15, 0.2) is 0 Å². The van der Waals surface area contributed by atoms with Gasteiger partial charge < -0.3 is 9.05 Å². The van der Waals surface area contributed by atoms with E-state index in [-0.39, 0.29) is 12.0 Å². The van der Waals surface area contributed by atoms with Crippen molar-refractivity contribution < 1.29 is 18.0 Å². The summed E-state index contributed by atoms with van der Waals surface area (Å²) >= 11 is 3.11. The van der Waals surface area contributed by atoms with Crippen LogP contribution in [0.15, 0.2) is 16.6 Å². The van der Waals surface area contributed by atoms with Crippen LogP contribution in [0.4, 0.5) is 4.39 Å². The smallest absolute Gasteiger partial charge is 0.309 e. The molecule has 0 amide bonds. The minimum Gasteiger partial charge on any atom is -0.309 e. The first-order chi connectivity index (χ1) is 8.43. The van der Waals surface area contributed by atoms with E-state index in [1.54, 1.807) is 32.9 Å². The lowest BCUT2D eigenvalue weighted by Crippen LogP contribution is -2.01. The summed E-state index contributed by atoms with van der Waals surface area (Å²) in [4.78, 5) is 0. The average molecular weight is 339 g/mol. The van der Waals surface area contributed by atoms with Gasteiger partial charge in [0.1, 0.15) is 5.82 Å². The molecule has 0 aromatic heterocycles. The average Bonchev–Trinajstić information content (AvgIpc) is 2.31. The monoisotopic (exact) mass is 338 g/mol. The first kappa shape index (κ1) is 15.8. The Morgan fingerprint density at radius 2 is 1.83 bits per heavy atom. The molecule has 1 rings (SSSR count). The fourth-order valence-electron chi connectivity index (χ4n) is 1.59. The minimum absolute atomic E-state index is 0.0880. The lowest BCUT2D eigenvalue weighted by atomic mass is 10.1. The zero-order chi connectivity index (χ0) is 13.8. The highest BCUT2D eigenvalue weighted by atomic mass is 79.9. The van der Waals surface area contributed by atoms with Crippen LogP contribution in [-0.4, -0.2) is 13.2 Å². The Labute approximate surface area is 115 Å². The Hall–Kier alpha value is -0.220. The van der Waals surface area contributed by atoms with Gasteiger partial charge in [0.25, 0.3) is 0 Å². The van der Waals surface area contributed by atoms with Crippen LogP contribution in [-0.2, 0) is 19.8 Å². The lowest BCUT2D eigenvalue weighted by Gasteiger charge is -2.18. The van der Waals surface area contributed by atoms with Crippen molar-refractivity contribution in [2.45, 2.75) is 26.9 Å². The van der Waals surface area contributed by atoms with Gasteiger partial charge in [0.05, 0.1) is 23.8 Å². The second kappa shape index (κ2) is 6.80. The Morgan fingerprint density at radius 3 is 2.33 bits per heavy atom. The molecule has 0 unspecified atom stereocenters. The second-order valence-corrected chi connectivity index (χ2v) is 6.66. The largest absolute Gasteiger partial charge is 0.335 e. The van der Waals surface area contributed by atoms with Crippen molar-refractivity contribution in [3.05, 3.63) is 33.5 Å². The number of halogens is 2. The Morgan fingerprint density at radius 1 is 1.28 bits per heavy atom. The molecule has 0 saturated carbocycles. The summed E-state index contributed by atoms with van der Waals surface area (Å²) in [7, 11) is -3.19. The maximum Gasteiger partial charge on any atom is 0.335 e. The van der Waals surface area contributed by atoms with E-state index in [0.717, 1.165) is 0 Å². The van der Waals surface area contributed by atoms with E-state index >= 15 is 0 Å². The van der Waals surface area contributed by atoms with Gasteiger partial charge in [-0.25, -0.2) is 4.39 Å². The third-order valence-corrected chi connectivity index (χ3v) is 5.11. The van der Waals surface area contributed by atoms with E-state index in [1.807, 2.05) is 0 Å². The topological polar surface area (TPSA) is 35.5 Å². The molecule has 1 aromatic rings. The van der Waals surface area contributed by atoms with E-state index in [9.17, 15) is 8.96 Å². The highest BCUT2D eigenvalue weighted by molar-refractivity contribution is 9.10. The zero-order valence-corrected chi connectivity index (χ0v) is 13.2. The van der Waals surface area contributed by atoms with Crippen molar-refractivity contribution >= 4 is 23.5 Å². The molecular weight excluding hydrogens is 322 g/mol. The number of rotatable bonds is 6.